The first-order valence-electron chi connectivity index (χ1n) is 10.0. The highest BCUT2D eigenvalue weighted by atomic mass is 16.5. The Labute approximate surface area is 178 Å². The molecule has 3 heterocycles. The standard InChI is InChI=1S/C22H20N8O/c23-9-16-7-17-10-26-22(29-20(17)8-21(16)31-19-4-5-24-11-19)28-18-3-1-2-15(6-18)12-30-14-25-13-27-30/h1-3,6-8,10,13-14,19,24H,4-5,11-12H2,(H,26,28,29). The number of nitrogens with zero attached hydrogens (tertiary/aromatic N) is 6. The summed E-state index contributed by atoms with van der Waals surface area (Å²) in [4.78, 5) is 13.0. The van der Waals surface area contributed by atoms with Gasteiger partial charge in [0, 0.05) is 29.9 Å². The van der Waals surface area contributed by atoms with Crippen molar-refractivity contribution in [3.8, 4) is 11.8 Å². The van der Waals surface area contributed by atoms with Crippen LogP contribution < -0.4 is 15.4 Å². The van der Waals surface area contributed by atoms with Crippen molar-refractivity contribution in [2.24, 2.45) is 0 Å². The lowest BCUT2D eigenvalue weighted by Crippen LogP contribution is -2.20. The number of hydrogen-bond acceptors (Lipinski definition) is 8. The summed E-state index contributed by atoms with van der Waals surface area (Å²) < 4.78 is 7.81. The summed E-state index contributed by atoms with van der Waals surface area (Å²) in [6.07, 6.45) is 5.90. The van der Waals surface area contributed by atoms with E-state index in [1.807, 2.05) is 30.3 Å². The van der Waals surface area contributed by atoms with Crippen molar-refractivity contribution >= 4 is 22.5 Å². The van der Waals surface area contributed by atoms with Crippen molar-refractivity contribution in [3.05, 3.63) is 66.4 Å². The Balaban J connectivity index is 1.39. The third-order valence-corrected chi connectivity index (χ3v) is 5.10. The van der Waals surface area contributed by atoms with Crippen LogP contribution in [-0.4, -0.2) is 43.9 Å². The summed E-state index contributed by atoms with van der Waals surface area (Å²) in [6, 6.07) is 13.8. The molecule has 1 unspecified atom stereocenters. The minimum Gasteiger partial charge on any atom is -0.488 e. The molecule has 5 rings (SSSR count). The maximum absolute atomic E-state index is 9.51. The second-order valence-electron chi connectivity index (χ2n) is 7.36. The lowest BCUT2D eigenvalue weighted by molar-refractivity contribution is 0.222. The molecule has 1 saturated heterocycles. The van der Waals surface area contributed by atoms with Crippen LogP contribution in [0.4, 0.5) is 11.6 Å². The third kappa shape index (κ3) is 4.29. The highest BCUT2D eigenvalue weighted by molar-refractivity contribution is 5.83. The molecular formula is C22H20N8O. The van der Waals surface area contributed by atoms with Crippen LogP contribution >= 0.6 is 0 Å². The number of hydrogen-bond donors (Lipinski definition) is 2. The predicted octanol–water partition coefficient (Wildman–Crippen LogP) is 2.63. The van der Waals surface area contributed by atoms with Gasteiger partial charge in [0.15, 0.2) is 0 Å². The van der Waals surface area contributed by atoms with Gasteiger partial charge < -0.3 is 15.4 Å². The van der Waals surface area contributed by atoms with Gasteiger partial charge in [-0.1, -0.05) is 12.1 Å². The highest BCUT2D eigenvalue weighted by Crippen LogP contribution is 2.27. The van der Waals surface area contributed by atoms with Gasteiger partial charge in [-0.2, -0.15) is 10.4 Å². The molecule has 0 aliphatic carbocycles. The number of benzene rings is 2. The maximum atomic E-state index is 9.51. The van der Waals surface area contributed by atoms with Crippen LogP contribution in [0.2, 0.25) is 0 Å². The molecule has 0 spiro atoms. The Bertz CT molecular complexity index is 1240. The van der Waals surface area contributed by atoms with E-state index in [9.17, 15) is 5.26 Å². The topological polar surface area (TPSA) is 114 Å². The molecule has 1 aliphatic heterocycles. The number of anilines is 2. The zero-order valence-electron chi connectivity index (χ0n) is 16.7. The Morgan fingerprint density at radius 1 is 1.29 bits per heavy atom. The van der Waals surface area contributed by atoms with Crippen molar-refractivity contribution in [3.63, 3.8) is 0 Å². The zero-order chi connectivity index (χ0) is 21.0. The van der Waals surface area contributed by atoms with E-state index in [0.717, 1.165) is 41.7 Å². The number of fused-ring (bicyclic) bond motifs is 1. The molecule has 2 aromatic carbocycles. The lowest BCUT2D eigenvalue weighted by atomic mass is 10.1. The normalized spacial score (nSPS) is 15.6. The van der Waals surface area contributed by atoms with E-state index in [1.54, 1.807) is 23.3 Å². The van der Waals surface area contributed by atoms with Crippen LogP contribution in [0.15, 0.2) is 55.2 Å². The van der Waals surface area contributed by atoms with Crippen molar-refractivity contribution in [1.29, 1.82) is 5.26 Å². The van der Waals surface area contributed by atoms with Gasteiger partial charge in [0.1, 0.15) is 30.6 Å². The average Bonchev–Trinajstić information content (AvgIpc) is 3.48. The first kappa shape index (κ1) is 19.0. The van der Waals surface area contributed by atoms with E-state index in [0.29, 0.717) is 23.8 Å². The van der Waals surface area contributed by atoms with Gasteiger partial charge >= 0.3 is 0 Å². The van der Waals surface area contributed by atoms with Crippen LogP contribution in [0.25, 0.3) is 10.9 Å². The summed E-state index contributed by atoms with van der Waals surface area (Å²) in [7, 11) is 0. The van der Waals surface area contributed by atoms with E-state index < -0.39 is 0 Å². The van der Waals surface area contributed by atoms with Gasteiger partial charge in [0.2, 0.25) is 5.95 Å². The summed E-state index contributed by atoms with van der Waals surface area (Å²) in [6.45, 7) is 2.33. The van der Waals surface area contributed by atoms with Gasteiger partial charge in [0.05, 0.1) is 17.6 Å². The Morgan fingerprint density at radius 2 is 2.26 bits per heavy atom. The molecular weight excluding hydrogens is 392 g/mol. The van der Waals surface area contributed by atoms with Crippen molar-refractivity contribution in [2.45, 2.75) is 19.1 Å². The fourth-order valence-electron chi connectivity index (χ4n) is 3.59. The molecule has 9 heteroatoms. The molecule has 0 saturated carbocycles. The lowest BCUT2D eigenvalue weighted by Gasteiger charge is -2.14. The van der Waals surface area contributed by atoms with Gasteiger partial charge in [-0.25, -0.2) is 19.6 Å². The first-order valence-corrected chi connectivity index (χ1v) is 10.0. The highest BCUT2D eigenvalue weighted by Gasteiger charge is 2.18. The van der Waals surface area contributed by atoms with Gasteiger partial charge in [0.25, 0.3) is 0 Å². The molecule has 1 aliphatic rings. The second-order valence-corrected chi connectivity index (χ2v) is 7.36. The monoisotopic (exact) mass is 412 g/mol. The minimum absolute atomic E-state index is 0.0664. The van der Waals surface area contributed by atoms with E-state index >= 15 is 0 Å². The van der Waals surface area contributed by atoms with Crippen LogP contribution in [-0.2, 0) is 6.54 Å². The maximum Gasteiger partial charge on any atom is 0.227 e. The Hall–Kier alpha value is -4.03. The fourth-order valence-corrected chi connectivity index (χ4v) is 3.59. The average molecular weight is 412 g/mol. The number of nitrogens with one attached hydrogen (secondary N) is 2. The molecule has 0 radical (unpaired) electrons. The summed E-state index contributed by atoms with van der Waals surface area (Å²) >= 11 is 0. The summed E-state index contributed by atoms with van der Waals surface area (Å²) in [5, 5.41) is 21.0. The van der Waals surface area contributed by atoms with Gasteiger partial charge in [-0.05, 0) is 36.7 Å². The van der Waals surface area contributed by atoms with E-state index in [-0.39, 0.29) is 6.10 Å². The number of aromatic nitrogens is 5. The van der Waals surface area contributed by atoms with E-state index in [2.05, 4.69) is 36.8 Å². The van der Waals surface area contributed by atoms with E-state index in [1.165, 1.54) is 6.33 Å². The molecule has 2 aromatic heterocycles. The Morgan fingerprint density at radius 3 is 3.06 bits per heavy atom. The number of rotatable bonds is 6. The van der Waals surface area contributed by atoms with Crippen molar-refractivity contribution in [2.75, 3.05) is 18.4 Å². The van der Waals surface area contributed by atoms with Crippen LogP contribution in [0.3, 0.4) is 0 Å². The van der Waals surface area contributed by atoms with Crippen LogP contribution in [0.1, 0.15) is 17.5 Å². The first-order chi connectivity index (χ1) is 15.3. The molecule has 154 valence electrons. The molecule has 1 fully saturated rings. The summed E-state index contributed by atoms with van der Waals surface area (Å²) in [5.41, 5.74) is 3.16. The minimum atomic E-state index is 0.0664. The molecule has 4 aromatic rings. The van der Waals surface area contributed by atoms with Gasteiger partial charge in [-0.15, -0.1) is 0 Å². The molecule has 31 heavy (non-hydrogen) atoms. The fraction of sp³-hybridized carbons (Fsp3) is 0.227. The number of ether oxygens (including phenoxy) is 1. The second kappa shape index (κ2) is 8.38. The largest absolute Gasteiger partial charge is 0.488 e. The SMILES string of the molecule is N#Cc1cc2cnc(Nc3cccc(Cn4cncn4)c3)nc2cc1OC1CCNC1. The van der Waals surface area contributed by atoms with Crippen LogP contribution in [0, 0.1) is 11.3 Å². The molecule has 2 N–H and O–H groups in total. The van der Waals surface area contributed by atoms with Crippen molar-refractivity contribution < 1.29 is 4.74 Å². The number of nitriles is 1. The smallest absolute Gasteiger partial charge is 0.227 e. The molecule has 9 nitrogen and oxygen atoms in total. The van der Waals surface area contributed by atoms with Crippen LogP contribution in [0.5, 0.6) is 5.75 Å². The predicted molar refractivity (Wildman–Crippen MR) is 115 cm³/mol. The molecule has 0 amide bonds. The molecule has 1 atom stereocenters. The third-order valence-electron chi connectivity index (χ3n) is 5.10. The summed E-state index contributed by atoms with van der Waals surface area (Å²) in [5.74, 6) is 1.03. The zero-order valence-corrected chi connectivity index (χ0v) is 16.7. The Kier molecular flexibility index (Phi) is 5.12. The molecule has 0 bridgehead atoms. The van der Waals surface area contributed by atoms with E-state index in [4.69, 9.17) is 4.74 Å². The quantitative estimate of drug-likeness (QED) is 0.497. The van der Waals surface area contributed by atoms with Gasteiger partial charge in [-0.3, -0.25) is 0 Å². The van der Waals surface area contributed by atoms with Crippen molar-refractivity contribution in [1.82, 2.24) is 30.0 Å².